The van der Waals surface area contributed by atoms with Crippen LogP contribution in [0.2, 0.25) is 0 Å². The maximum absolute atomic E-state index is 12.9. The lowest BCUT2D eigenvalue weighted by molar-refractivity contribution is -0.122. The Bertz CT molecular complexity index is 1050. The van der Waals surface area contributed by atoms with Crippen LogP contribution in [-0.4, -0.2) is 23.4 Å². The predicted molar refractivity (Wildman–Crippen MR) is 127 cm³/mol. The number of nitrogens with zero attached hydrogens (tertiary/aromatic N) is 1. The highest BCUT2D eigenvalue weighted by Crippen LogP contribution is 2.29. The summed E-state index contributed by atoms with van der Waals surface area (Å²) in [5.41, 5.74) is 3.19. The van der Waals surface area contributed by atoms with Crippen LogP contribution in [0.4, 0.5) is 10.5 Å². The SMILES string of the molecule is O=C(CCN(Cc1ccco1)C(=O)Nc1ccc(Br)cc1)NC1CCCc2ccccc21. The van der Waals surface area contributed by atoms with Gasteiger partial charge in [-0.1, -0.05) is 40.2 Å². The smallest absolute Gasteiger partial charge is 0.322 e. The molecule has 0 radical (unpaired) electrons. The largest absolute Gasteiger partial charge is 0.467 e. The Morgan fingerprint density at radius 1 is 1.06 bits per heavy atom. The minimum absolute atomic E-state index is 0.0302. The molecule has 0 saturated carbocycles. The molecule has 1 heterocycles. The monoisotopic (exact) mass is 495 g/mol. The molecule has 0 saturated heterocycles. The lowest BCUT2D eigenvalue weighted by Gasteiger charge is -2.27. The van der Waals surface area contributed by atoms with Crippen molar-refractivity contribution in [3.05, 3.63) is 88.3 Å². The molecule has 1 aromatic heterocycles. The van der Waals surface area contributed by atoms with Crippen molar-refractivity contribution < 1.29 is 14.0 Å². The van der Waals surface area contributed by atoms with E-state index in [9.17, 15) is 9.59 Å². The number of carbonyl (C=O) groups excluding carboxylic acids is 2. The zero-order chi connectivity index (χ0) is 22.3. The van der Waals surface area contributed by atoms with Crippen LogP contribution in [-0.2, 0) is 17.8 Å². The molecule has 1 aliphatic rings. The number of hydrogen-bond donors (Lipinski definition) is 2. The maximum Gasteiger partial charge on any atom is 0.322 e. The van der Waals surface area contributed by atoms with E-state index in [0.717, 1.165) is 23.7 Å². The van der Waals surface area contributed by atoms with Crippen molar-refractivity contribution in [3.63, 3.8) is 0 Å². The third kappa shape index (κ3) is 5.79. The Hall–Kier alpha value is -3.06. The molecule has 7 heteroatoms. The summed E-state index contributed by atoms with van der Waals surface area (Å²) in [4.78, 5) is 27.3. The summed E-state index contributed by atoms with van der Waals surface area (Å²) in [5.74, 6) is 0.602. The quantitative estimate of drug-likeness (QED) is 0.443. The van der Waals surface area contributed by atoms with Gasteiger partial charge in [-0.3, -0.25) is 4.79 Å². The summed E-state index contributed by atoms with van der Waals surface area (Å²) in [6.45, 7) is 0.568. The van der Waals surface area contributed by atoms with Crippen LogP contribution in [0.3, 0.4) is 0 Å². The lowest BCUT2D eigenvalue weighted by atomic mass is 9.87. The summed E-state index contributed by atoms with van der Waals surface area (Å²) >= 11 is 3.39. The van der Waals surface area contributed by atoms with Crippen LogP contribution in [0.1, 0.15) is 42.2 Å². The minimum atomic E-state index is -0.278. The van der Waals surface area contributed by atoms with Gasteiger partial charge in [-0.15, -0.1) is 0 Å². The average molecular weight is 496 g/mol. The van der Waals surface area contributed by atoms with E-state index in [0.29, 0.717) is 11.4 Å². The van der Waals surface area contributed by atoms with Gasteiger partial charge in [-0.25, -0.2) is 4.79 Å². The van der Waals surface area contributed by atoms with Crippen molar-refractivity contribution >= 4 is 33.6 Å². The van der Waals surface area contributed by atoms with Gasteiger partial charge in [0.05, 0.1) is 18.8 Å². The summed E-state index contributed by atoms with van der Waals surface area (Å²) < 4.78 is 6.35. The molecule has 0 fully saturated rings. The van der Waals surface area contributed by atoms with Gasteiger partial charge in [0.15, 0.2) is 0 Å². The maximum atomic E-state index is 12.9. The first-order valence-corrected chi connectivity index (χ1v) is 11.6. The highest BCUT2D eigenvalue weighted by Gasteiger charge is 2.22. The second-order valence-corrected chi connectivity index (χ2v) is 8.81. The molecule has 32 heavy (non-hydrogen) atoms. The molecule has 0 spiro atoms. The van der Waals surface area contributed by atoms with Crippen molar-refractivity contribution in [1.82, 2.24) is 10.2 Å². The van der Waals surface area contributed by atoms with Crippen LogP contribution in [0.5, 0.6) is 0 Å². The van der Waals surface area contributed by atoms with E-state index < -0.39 is 0 Å². The molecule has 4 rings (SSSR count). The Morgan fingerprint density at radius 3 is 2.66 bits per heavy atom. The molecule has 1 atom stereocenters. The molecule has 6 nitrogen and oxygen atoms in total. The van der Waals surface area contributed by atoms with Gasteiger partial charge in [-0.05, 0) is 66.8 Å². The first-order chi connectivity index (χ1) is 15.6. The highest BCUT2D eigenvalue weighted by atomic mass is 79.9. The topological polar surface area (TPSA) is 74.6 Å². The molecule has 1 aliphatic carbocycles. The summed E-state index contributed by atoms with van der Waals surface area (Å²) in [6.07, 6.45) is 4.83. The summed E-state index contributed by atoms with van der Waals surface area (Å²) in [7, 11) is 0. The number of halogens is 1. The molecule has 2 N–H and O–H groups in total. The van der Waals surface area contributed by atoms with E-state index in [4.69, 9.17) is 4.42 Å². The first kappa shape index (κ1) is 22.1. The fourth-order valence-corrected chi connectivity index (χ4v) is 4.25. The molecular formula is C25H26BrN3O3. The zero-order valence-corrected chi connectivity index (χ0v) is 19.3. The normalized spacial score (nSPS) is 15.0. The molecule has 3 aromatic rings. The number of fused-ring (bicyclic) bond motifs is 1. The van der Waals surface area contributed by atoms with Crippen molar-refractivity contribution in [1.29, 1.82) is 0 Å². The van der Waals surface area contributed by atoms with E-state index >= 15 is 0 Å². The Morgan fingerprint density at radius 2 is 1.88 bits per heavy atom. The van der Waals surface area contributed by atoms with E-state index in [1.165, 1.54) is 11.1 Å². The molecule has 3 amide bonds. The molecule has 2 aromatic carbocycles. The Labute approximate surface area is 196 Å². The standard InChI is InChI=1S/C25H26BrN3O3/c26-19-10-12-20(13-11-19)27-25(31)29(17-21-7-4-16-32-21)15-14-24(30)28-23-9-3-6-18-5-1-2-8-22(18)23/h1-2,4-5,7-8,10-13,16,23H,3,6,9,14-15,17H2,(H,27,31)(H,28,30). The third-order valence-corrected chi connectivity index (χ3v) is 6.15. The number of aryl methyl sites for hydroxylation is 1. The van der Waals surface area contributed by atoms with Gasteiger partial charge in [-0.2, -0.15) is 0 Å². The number of anilines is 1. The number of nitrogens with one attached hydrogen (secondary N) is 2. The van der Waals surface area contributed by atoms with E-state index in [2.05, 4.69) is 38.7 Å². The Balaban J connectivity index is 1.38. The molecular weight excluding hydrogens is 470 g/mol. The molecule has 1 unspecified atom stereocenters. The van der Waals surface area contributed by atoms with Gasteiger partial charge < -0.3 is 20.0 Å². The van der Waals surface area contributed by atoms with Crippen LogP contribution < -0.4 is 10.6 Å². The van der Waals surface area contributed by atoms with E-state index in [-0.39, 0.29) is 37.5 Å². The van der Waals surface area contributed by atoms with E-state index in [1.54, 1.807) is 17.2 Å². The second-order valence-electron chi connectivity index (χ2n) is 7.90. The van der Waals surface area contributed by atoms with Crippen molar-refractivity contribution in [2.45, 2.75) is 38.3 Å². The second kappa shape index (κ2) is 10.5. The average Bonchev–Trinajstić information content (AvgIpc) is 3.31. The minimum Gasteiger partial charge on any atom is -0.467 e. The number of amides is 3. The number of benzene rings is 2. The van der Waals surface area contributed by atoms with Gasteiger partial charge >= 0.3 is 6.03 Å². The number of urea groups is 1. The number of rotatable bonds is 7. The van der Waals surface area contributed by atoms with Gasteiger partial charge in [0.25, 0.3) is 0 Å². The van der Waals surface area contributed by atoms with Gasteiger partial charge in [0.1, 0.15) is 5.76 Å². The Kier molecular flexibility index (Phi) is 7.27. The van der Waals surface area contributed by atoms with Crippen molar-refractivity contribution in [2.75, 3.05) is 11.9 Å². The fraction of sp³-hybridized carbons (Fsp3) is 0.280. The number of hydrogen-bond acceptors (Lipinski definition) is 3. The lowest BCUT2D eigenvalue weighted by Crippen LogP contribution is -2.38. The van der Waals surface area contributed by atoms with Crippen LogP contribution in [0, 0.1) is 0 Å². The van der Waals surface area contributed by atoms with Crippen molar-refractivity contribution in [3.8, 4) is 0 Å². The van der Waals surface area contributed by atoms with Gasteiger partial charge in [0, 0.05) is 23.1 Å². The predicted octanol–water partition coefficient (Wildman–Crippen LogP) is 5.66. The van der Waals surface area contributed by atoms with E-state index in [1.807, 2.05) is 42.5 Å². The van der Waals surface area contributed by atoms with Crippen LogP contribution in [0.15, 0.2) is 75.8 Å². The van der Waals surface area contributed by atoms with Gasteiger partial charge in [0.2, 0.25) is 5.91 Å². The first-order valence-electron chi connectivity index (χ1n) is 10.8. The molecule has 0 aliphatic heterocycles. The van der Waals surface area contributed by atoms with Crippen molar-refractivity contribution in [2.24, 2.45) is 0 Å². The summed E-state index contributed by atoms with van der Waals surface area (Å²) in [5, 5.41) is 6.05. The molecule has 166 valence electrons. The highest BCUT2D eigenvalue weighted by molar-refractivity contribution is 9.10. The zero-order valence-electron chi connectivity index (χ0n) is 17.7. The number of carbonyl (C=O) groups is 2. The third-order valence-electron chi connectivity index (χ3n) is 5.62. The number of furan rings is 1. The van der Waals surface area contributed by atoms with Crippen LogP contribution in [0.25, 0.3) is 0 Å². The van der Waals surface area contributed by atoms with Crippen LogP contribution >= 0.6 is 15.9 Å². The molecule has 0 bridgehead atoms. The fourth-order valence-electron chi connectivity index (χ4n) is 3.99. The summed E-state index contributed by atoms with van der Waals surface area (Å²) in [6, 6.07) is 19.0.